The van der Waals surface area contributed by atoms with E-state index in [4.69, 9.17) is 0 Å². The van der Waals surface area contributed by atoms with E-state index in [-0.39, 0.29) is 30.1 Å². The van der Waals surface area contributed by atoms with Crippen molar-refractivity contribution in [2.45, 2.75) is 32.6 Å². The maximum atomic E-state index is 12.9. The van der Waals surface area contributed by atoms with E-state index in [2.05, 4.69) is 4.90 Å². The van der Waals surface area contributed by atoms with Gasteiger partial charge in [0.1, 0.15) is 0 Å². The molecule has 7 heteroatoms. The number of piperidine rings is 1. The Morgan fingerprint density at radius 1 is 0.967 bits per heavy atom. The second-order valence-corrected chi connectivity index (χ2v) is 8.51. The molecular weight excluding hydrogens is 382 g/mol. The van der Waals surface area contributed by atoms with Gasteiger partial charge in [0.2, 0.25) is 5.91 Å². The van der Waals surface area contributed by atoms with E-state index in [9.17, 15) is 19.5 Å². The van der Waals surface area contributed by atoms with Crippen LogP contribution in [0, 0.1) is 11.8 Å². The van der Waals surface area contributed by atoms with Crippen LogP contribution in [-0.2, 0) is 9.59 Å². The minimum atomic E-state index is -0.764. The van der Waals surface area contributed by atoms with Crippen LogP contribution in [0.15, 0.2) is 30.3 Å². The summed E-state index contributed by atoms with van der Waals surface area (Å²) < 4.78 is 0. The first-order valence-corrected chi connectivity index (χ1v) is 11.0. The molecule has 3 rings (SSSR count). The van der Waals surface area contributed by atoms with Gasteiger partial charge in [-0.05, 0) is 56.3 Å². The van der Waals surface area contributed by atoms with Crippen molar-refractivity contribution in [1.29, 1.82) is 0 Å². The highest BCUT2D eigenvalue weighted by Gasteiger charge is 2.33. The summed E-state index contributed by atoms with van der Waals surface area (Å²) in [5, 5.41) is 9.34. The van der Waals surface area contributed by atoms with Crippen molar-refractivity contribution in [3.63, 3.8) is 0 Å². The SMILES string of the molecule is CC(=O)N1CCCN(CC[C@@H]2CN(C(=O)c3ccccc3)CC[C@H]2CC(=O)O)CC1. The Kier molecular flexibility index (Phi) is 7.85. The summed E-state index contributed by atoms with van der Waals surface area (Å²) in [6, 6.07) is 9.29. The van der Waals surface area contributed by atoms with Gasteiger partial charge in [0.25, 0.3) is 5.91 Å². The summed E-state index contributed by atoms with van der Waals surface area (Å²) in [5.41, 5.74) is 0.685. The normalized spacial score (nSPS) is 23.1. The predicted molar refractivity (Wildman–Crippen MR) is 114 cm³/mol. The molecule has 2 amide bonds. The van der Waals surface area contributed by atoms with Crippen LogP contribution in [0.5, 0.6) is 0 Å². The largest absolute Gasteiger partial charge is 0.481 e. The van der Waals surface area contributed by atoms with Crippen LogP contribution >= 0.6 is 0 Å². The number of carboxylic acids is 1. The average Bonchev–Trinajstić information content (AvgIpc) is 2.98. The van der Waals surface area contributed by atoms with Crippen LogP contribution in [0.2, 0.25) is 0 Å². The molecule has 2 fully saturated rings. The number of carbonyl (C=O) groups excluding carboxylic acids is 2. The molecular formula is C23H33N3O4. The number of carbonyl (C=O) groups is 3. The zero-order valence-electron chi connectivity index (χ0n) is 17.8. The molecule has 1 aromatic carbocycles. The number of hydrogen-bond donors (Lipinski definition) is 1. The molecule has 0 spiro atoms. The third-order valence-corrected chi connectivity index (χ3v) is 6.49. The lowest BCUT2D eigenvalue weighted by Crippen LogP contribution is -2.45. The third kappa shape index (κ3) is 6.05. The third-order valence-electron chi connectivity index (χ3n) is 6.49. The standard InChI is InChI=1S/C23H33N3O4/c1-18(27)25-11-5-10-24(14-15-25)12-8-21-17-26(13-9-20(21)16-22(28)29)23(30)19-6-3-2-4-7-19/h2-4,6-7,20-21H,5,8-17H2,1H3,(H,28,29)/t20-,21+/m0/s1. The number of benzene rings is 1. The first kappa shape index (κ1) is 22.3. The highest BCUT2D eigenvalue weighted by Crippen LogP contribution is 2.30. The quantitative estimate of drug-likeness (QED) is 0.770. The topological polar surface area (TPSA) is 81.2 Å². The first-order valence-electron chi connectivity index (χ1n) is 11.0. The molecule has 0 aliphatic carbocycles. The molecule has 0 unspecified atom stereocenters. The minimum absolute atomic E-state index is 0.0289. The molecule has 30 heavy (non-hydrogen) atoms. The predicted octanol–water partition coefficient (Wildman–Crippen LogP) is 2.18. The van der Waals surface area contributed by atoms with E-state index in [0.29, 0.717) is 18.7 Å². The molecule has 2 saturated heterocycles. The lowest BCUT2D eigenvalue weighted by Gasteiger charge is -2.39. The van der Waals surface area contributed by atoms with Gasteiger partial charge >= 0.3 is 5.97 Å². The van der Waals surface area contributed by atoms with Gasteiger partial charge in [0, 0.05) is 51.6 Å². The summed E-state index contributed by atoms with van der Waals surface area (Å²) in [5.74, 6) is -0.334. The molecule has 2 heterocycles. The first-order chi connectivity index (χ1) is 14.4. The fourth-order valence-electron chi connectivity index (χ4n) is 4.71. The Morgan fingerprint density at radius 3 is 2.43 bits per heavy atom. The fourth-order valence-corrected chi connectivity index (χ4v) is 4.71. The van der Waals surface area contributed by atoms with E-state index >= 15 is 0 Å². The fraction of sp³-hybridized carbons (Fsp3) is 0.609. The summed E-state index contributed by atoms with van der Waals surface area (Å²) in [7, 11) is 0. The monoisotopic (exact) mass is 415 g/mol. The maximum Gasteiger partial charge on any atom is 0.303 e. The van der Waals surface area contributed by atoms with E-state index in [1.807, 2.05) is 40.1 Å². The summed E-state index contributed by atoms with van der Waals surface area (Å²) in [6.07, 6.45) is 2.72. The van der Waals surface area contributed by atoms with Crippen molar-refractivity contribution >= 4 is 17.8 Å². The number of hydrogen-bond acceptors (Lipinski definition) is 4. The van der Waals surface area contributed by atoms with Gasteiger partial charge in [-0.25, -0.2) is 0 Å². The zero-order chi connectivity index (χ0) is 21.5. The number of carboxylic acid groups (broad SMARTS) is 1. The number of rotatable bonds is 6. The van der Waals surface area contributed by atoms with Crippen molar-refractivity contribution in [2.24, 2.45) is 11.8 Å². The van der Waals surface area contributed by atoms with Gasteiger partial charge in [-0.2, -0.15) is 0 Å². The molecule has 2 atom stereocenters. The van der Waals surface area contributed by atoms with E-state index in [0.717, 1.165) is 52.0 Å². The van der Waals surface area contributed by atoms with Crippen molar-refractivity contribution in [2.75, 3.05) is 45.8 Å². The van der Waals surface area contributed by atoms with Crippen molar-refractivity contribution < 1.29 is 19.5 Å². The van der Waals surface area contributed by atoms with Gasteiger partial charge in [0.05, 0.1) is 0 Å². The smallest absolute Gasteiger partial charge is 0.303 e. The van der Waals surface area contributed by atoms with E-state index in [1.165, 1.54) is 0 Å². The number of aliphatic carboxylic acids is 1. The van der Waals surface area contributed by atoms with Crippen LogP contribution in [0.25, 0.3) is 0 Å². The van der Waals surface area contributed by atoms with Crippen LogP contribution < -0.4 is 0 Å². The molecule has 0 bridgehead atoms. The number of likely N-dealkylation sites (tertiary alicyclic amines) is 1. The summed E-state index contributed by atoms with van der Waals surface area (Å²) >= 11 is 0. The van der Waals surface area contributed by atoms with Crippen molar-refractivity contribution in [1.82, 2.24) is 14.7 Å². The molecule has 0 radical (unpaired) electrons. The van der Waals surface area contributed by atoms with E-state index < -0.39 is 5.97 Å². The van der Waals surface area contributed by atoms with Gasteiger partial charge in [-0.15, -0.1) is 0 Å². The van der Waals surface area contributed by atoms with E-state index in [1.54, 1.807) is 6.92 Å². The molecule has 1 aromatic rings. The Balaban J connectivity index is 1.60. The summed E-state index contributed by atoms with van der Waals surface area (Å²) in [4.78, 5) is 42.1. The van der Waals surface area contributed by atoms with Gasteiger partial charge in [0.15, 0.2) is 0 Å². The Morgan fingerprint density at radius 2 is 1.73 bits per heavy atom. The molecule has 164 valence electrons. The highest BCUT2D eigenvalue weighted by molar-refractivity contribution is 5.94. The molecule has 1 N–H and O–H groups in total. The Labute approximate surface area is 178 Å². The molecule has 2 aliphatic heterocycles. The second-order valence-electron chi connectivity index (χ2n) is 8.51. The number of nitrogens with zero attached hydrogens (tertiary/aromatic N) is 3. The van der Waals surface area contributed by atoms with Crippen LogP contribution in [0.4, 0.5) is 0 Å². The lowest BCUT2D eigenvalue weighted by atomic mass is 9.81. The summed E-state index contributed by atoms with van der Waals surface area (Å²) in [6.45, 7) is 7.06. The van der Waals surface area contributed by atoms with Crippen molar-refractivity contribution in [3.8, 4) is 0 Å². The zero-order valence-corrected chi connectivity index (χ0v) is 17.8. The van der Waals surface area contributed by atoms with Gasteiger partial charge in [-0.1, -0.05) is 18.2 Å². The number of amides is 2. The molecule has 2 aliphatic rings. The Bertz CT molecular complexity index is 739. The average molecular weight is 416 g/mol. The van der Waals surface area contributed by atoms with Crippen LogP contribution in [-0.4, -0.2) is 83.4 Å². The maximum absolute atomic E-state index is 12.9. The van der Waals surface area contributed by atoms with Gasteiger partial charge < -0.3 is 19.8 Å². The highest BCUT2D eigenvalue weighted by atomic mass is 16.4. The molecule has 0 aromatic heterocycles. The van der Waals surface area contributed by atoms with Crippen molar-refractivity contribution in [3.05, 3.63) is 35.9 Å². The Hall–Kier alpha value is -2.41. The molecule has 7 nitrogen and oxygen atoms in total. The molecule has 0 saturated carbocycles. The van der Waals surface area contributed by atoms with Crippen LogP contribution in [0.1, 0.15) is 43.0 Å². The lowest BCUT2D eigenvalue weighted by molar-refractivity contribution is -0.139. The van der Waals surface area contributed by atoms with Gasteiger partial charge in [-0.3, -0.25) is 14.4 Å². The minimum Gasteiger partial charge on any atom is -0.481 e. The van der Waals surface area contributed by atoms with Crippen LogP contribution in [0.3, 0.4) is 0 Å². The second kappa shape index (κ2) is 10.6.